The van der Waals surface area contributed by atoms with Crippen molar-refractivity contribution in [2.45, 2.75) is 44.9 Å². The lowest BCUT2D eigenvalue weighted by molar-refractivity contribution is -0.0423. The minimum Gasteiger partial charge on any atom is -0.382 e. The fourth-order valence-electron chi connectivity index (χ4n) is 2.90. The Morgan fingerprint density at radius 3 is 3.14 bits per heavy atom. The first-order valence-corrected chi connectivity index (χ1v) is 7.39. The van der Waals surface area contributed by atoms with E-state index in [9.17, 15) is 5.11 Å². The van der Waals surface area contributed by atoms with Crippen LogP contribution in [-0.4, -0.2) is 53.3 Å². The maximum absolute atomic E-state index is 10.8. The molecule has 3 heterocycles. The number of hydrogen-bond donors (Lipinski definition) is 2. The lowest BCUT2D eigenvalue weighted by Crippen LogP contribution is -2.46. The summed E-state index contributed by atoms with van der Waals surface area (Å²) >= 11 is 0. The molecule has 0 unspecified atom stereocenters. The summed E-state index contributed by atoms with van der Waals surface area (Å²) in [5.74, 6) is 0.946. The largest absolute Gasteiger partial charge is 0.382 e. The van der Waals surface area contributed by atoms with Gasteiger partial charge in [0.2, 0.25) is 0 Å². The summed E-state index contributed by atoms with van der Waals surface area (Å²) in [5, 5.41) is 25.5. The van der Waals surface area contributed by atoms with Crippen LogP contribution in [0.5, 0.6) is 0 Å². The highest BCUT2D eigenvalue weighted by molar-refractivity contribution is 5.09. The number of aromatic nitrogens is 6. The molecule has 3 rings (SSSR count). The van der Waals surface area contributed by atoms with E-state index in [0.717, 1.165) is 31.8 Å². The number of aliphatic hydroxyl groups is 1. The molecule has 1 atom stereocenters. The smallest absolute Gasteiger partial charge is 0.141 e. The molecule has 21 heavy (non-hydrogen) atoms. The molecule has 8 heteroatoms. The van der Waals surface area contributed by atoms with Crippen LogP contribution in [0.15, 0.2) is 12.5 Å². The van der Waals surface area contributed by atoms with Crippen molar-refractivity contribution in [3.05, 3.63) is 24.0 Å². The molecular formula is C13H21N7O. The van der Waals surface area contributed by atoms with Crippen molar-refractivity contribution in [2.24, 2.45) is 0 Å². The fraction of sp³-hybridized carbons (Fsp3) is 0.692. The number of β-amino-alcohol motifs (C(OH)–C–C–N with tert-alkyl or cyclic N) is 1. The van der Waals surface area contributed by atoms with Gasteiger partial charge >= 0.3 is 0 Å². The van der Waals surface area contributed by atoms with Gasteiger partial charge in [-0.3, -0.25) is 4.90 Å². The number of aromatic amines is 1. The number of likely N-dealkylation sites (tertiary alicyclic amines) is 1. The van der Waals surface area contributed by atoms with Gasteiger partial charge in [0.05, 0.1) is 12.7 Å². The Kier molecular flexibility index (Phi) is 3.98. The Bertz CT molecular complexity index is 567. The number of nitrogens with zero attached hydrogens (tertiary/aromatic N) is 6. The van der Waals surface area contributed by atoms with Gasteiger partial charge in [-0.25, -0.2) is 9.67 Å². The summed E-state index contributed by atoms with van der Waals surface area (Å²) in [6.07, 6.45) is 5.85. The molecule has 1 aliphatic rings. The second kappa shape index (κ2) is 5.90. The molecule has 0 aromatic carbocycles. The van der Waals surface area contributed by atoms with Crippen molar-refractivity contribution in [2.75, 3.05) is 13.1 Å². The van der Waals surface area contributed by atoms with E-state index in [4.69, 9.17) is 0 Å². The maximum Gasteiger partial charge on any atom is 0.141 e. The Morgan fingerprint density at radius 1 is 1.48 bits per heavy atom. The van der Waals surface area contributed by atoms with Crippen LogP contribution in [0.4, 0.5) is 0 Å². The van der Waals surface area contributed by atoms with E-state index in [1.54, 1.807) is 12.5 Å². The van der Waals surface area contributed by atoms with E-state index in [2.05, 4.69) is 37.3 Å². The predicted octanol–water partition coefficient (Wildman–Crippen LogP) is 0.290. The number of piperidine rings is 1. The number of hydrogen-bond acceptors (Lipinski definition) is 6. The molecule has 0 spiro atoms. The molecule has 0 amide bonds. The molecule has 1 aliphatic heterocycles. The summed E-state index contributed by atoms with van der Waals surface area (Å²) in [7, 11) is 0. The molecular weight excluding hydrogens is 270 g/mol. The van der Waals surface area contributed by atoms with E-state index in [1.807, 2.05) is 4.68 Å². The van der Waals surface area contributed by atoms with Crippen LogP contribution < -0.4 is 0 Å². The SMILES string of the molecule is CCCn1ncnc1CN1CCC[C@@](O)(c2cn[nH]n2)C1. The van der Waals surface area contributed by atoms with Gasteiger partial charge in [0.1, 0.15) is 23.4 Å². The number of H-pyrrole nitrogens is 1. The van der Waals surface area contributed by atoms with E-state index in [1.165, 1.54) is 0 Å². The van der Waals surface area contributed by atoms with Crippen LogP contribution in [-0.2, 0) is 18.7 Å². The van der Waals surface area contributed by atoms with Gasteiger partial charge in [0.15, 0.2) is 0 Å². The van der Waals surface area contributed by atoms with E-state index in [0.29, 0.717) is 25.2 Å². The average Bonchev–Trinajstić information content (AvgIpc) is 3.12. The zero-order valence-corrected chi connectivity index (χ0v) is 12.2. The van der Waals surface area contributed by atoms with E-state index >= 15 is 0 Å². The molecule has 8 nitrogen and oxygen atoms in total. The third-order valence-corrected chi connectivity index (χ3v) is 3.94. The highest BCUT2D eigenvalue weighted by atomic mass is 16.3. The number of aryl methyl sites for hydroxylation is 1. The Balaban J connectivity index is 1.70. The number of nitrogens with one attached hydrogen (secondary N) is 1. The third-order valence-electron chi connectivity index (χ3n) is 3.94. The molecule has 1 fully saturated rings. The first-order valence-electron chi connectivity index (χ1n) is 7.39. The molecule has 114 valence electrons. The molecule has 2 aromatic rings. The number of rotatable bonds is 5. The van der Waals surface area contributed by atoms with Crippen LogP contribution in [0, 0.1) is 0 Å². The normalized spacial score (nSPS) is 23.5. The Hall–Kier alpha value is -1.80. The van der Waals surface area contributed by atoms with Crippen molar-refractivity contribution < 1.29 is 5.11 Å². The van der Waals surface area contributed by atoms with Gasteiger partial charge in [-0.05, 0) is 25.8 Å². The summed E-state index contributed by atoms with van der Waals surface area (Å²) in [6, 6.07) is 0. The molecule has 0 bridgehead atoms. The van der Waals surface area contributed by atoms with Crippen molar-refractivity contribution in [3.63, 3.8) is 0 Å². The quantitative estimate of drug-likeness (QED) is 0.822. The minimum atomic E-state index is -0.930. The zero-order chi connectivity index (χ0) is 14.7. The molecule has 0 aliphatic carbocycles. The van der Waals surface area contributed by atoms with Crippen LogP contribution in [0.25, 0.3) is 0 Å². The van der Waals surface area contributed by atoms with Gasteiger partial charge < -0.3 is 5.11 Å². The minimum absolute atomic E-state index is 0.540. The molecule has 2 aromatic heterocycles. The average molecular weight is 291 g/mol. The summed E-state index contributed by atoms with van der Waals surface area (Å²) < 4.78 is 1.93. The molecule has 1 saturated heterocycles. The maximum atomic E-state index is 10.8. The second-order valence-corrected chi connectivity index (χ2v) is 5.60. The topological polar surface area (TPSA) is 95.8 Å². The summed E-state index contributed by atoms with van der Waals surface area (Å²) in [5.41, 5.74) is -0.317. The Morgan fingerprint density at radius 2 is 2.38 bits per heavy atom. The highest BCUT2D eigenvalue weighted by Gasteiger charge is 2.37. The highest BCUT2D eigenvalue weighted by Crippen LogP contribution is 2.30. The third kappa shape index (κ3) is 2.96. The van der Waals surface area contributed by atoms with E-state index < -0.39 is 5.60 Å². The molecule has 0 radical (unpaired) electrons. The van der Waals surface area contributed by atoms with Crippen LogP contribution in [0.1, 0.15) is 37.7 Å². The van der Waals surface area contributed by atoms with Crippen LogP contribution in [0.3, 0.4) is 0 Å². The summed E-state index contributed by atoms with van der Waals surface area (Å²) in [6.45, 7) is 5.17. The van der Waals surface area contributed by atoms with Gasteiger partial charge in [-0.1, -0.05) is 6.92 Å². The first kappa shape index (κ1) is 14.2. The zero-order valence-electron chi connectivity index (χ0n) is 12.2. The van der Waals surface area contributed by atoms with Crippen molar-refractivity contribution >= 4 is 0 Å². The molecule has 2 N–H and O–H groups in total. The lowest BCUT2D eigenvalue weighted by Gasteiger charge is -2.37. The monoisotopic (exact) mass is 291 g/mol. The van der Waals surface area contributed by atoms with Crippen molar-refractivity contribution in [1.82, 2.24) is 35.1 Å². The first-order chi connectivity index (χ1) is 10.2. The van der Waals surface area contributed by atoms with Crippen molar-refractivity contribution in [1.29, 1.82) is 0 Å². The van der Waals surface area contributed by atoms with Gasteiger partial charge in [0, 0.05) is 13.1 Å². The fourth-order valence-corrected chi connectivity index (χ4v) is 2.90. The second-order valence-electron chi connectivity index (χ2n) is 5.60. The van der Waals surface area contributed by atoms with Gasteiger partial charge in [0.25, 0.3) is 0 Å². The predicted molar refractivity (Wildman–Crippen MR) is 75.1 cm³/mol. The summed E-state index contributed by atoms with van der Waals surface area (Å²) in [4.78, 5) is 6.54. The van der Waals surface area contributed by atoms with Crippen LogP contribution >= 0.6 is 0 Å². The van der Waals surface area contributed by atoms with Crippen LogP contribution in [0.2, 0.25) is 0 Å². The molecule has 0 saturated carbocycles. The van der Waals surface area contributed by atoms with Crippen molar-refractivity contribution in [3.8, 4) is 0 Å². The van der Waals surface area contributed by atoms with Gasteiger partial charge in [-0.2, -0.15) is 20.5 Å². The Labute approximate surface area is 123 Å². The standard InChI is InChI=1S/C13H21N7O/c1-2-5-20-12(14-10-16-20)8-19-6-3-4-13(21,9-19)11-7-15-18-17-11/h7,10,21H,2-6,8-9H2,1H3,(H,15,17,18)/t13-/m0/s1. The van der Waals surface area contributed by atoms with E-state index in [-0.39, 0.29) is 0 Å². The lowest BCUT2D eigenvalue weighted by atomic mass is 9.90. The van der Waals surface area contributed by atoms with Gasteiger partial charge in [-0.15, -0.1) is 0 Å².